The number of hydrogen-bond acceptors (Lipinski definition) is 8. The van der Waals surface area contributed by atoms with Crippen molar-refractivity contribution in [1.82, 2.24) is 29.6 Å². The first-order valence-electron chi connectivity index (χ1n) is 11.9. The maximum Gasteiger partial charge on any atom is 0.258 e. The highest BCUT2D eigenvalue weighted by atomic mass is 32.1. The van der Waals surface area contributed by atoms with Gasteiger partial charge in [0.25, 0.3) is 5.91 Å². The number of piperazine rings is 1. The largest absolute Gasteiger partial charge is 0.354 e. The average Bonchev–Trinajstić information content (AvgIpc) is 3.28. The lowest BCUT2D eigenvalue weighted by Gasteiger charge is -2.33. The van der Waals surface area contributed by atoms with Gasteiger partial charge in [-0.2, -0.15) is 0 Å². The van der Waals surface area contributed by atoms with Crippen molar-refractivity contribution in [2.75, 3.05) is 38.1 Å². The van der Waals surface area contributed by atoms with Crippen LogP contribution in [0, 0.1) is 6.92 Å². The summed E-state index contributed by atoms with van der Waals surface area (Å²) in [7, 11) is 2.11. The summed E-state index contributed by atoms with van der Waals surface area (Å²) in [5, 5.41) is 3.29. The first-order valence-corrected chi connectivity index (χ1v) is 12.7. The average molecular weight is 500 g/mol. The van der Waals surface area contributed by atoms with Gasteiger partial charge in [0.1, 0.15) is 16.2 Å². The molecule has 36 heavy (non-hydrogen) atoms. The summed E-state index contributed by atoms with van der Waals surface area (Å²) in [6.07, 6.45) is 3.28. The molecule has 5 aromatic rings. The van der Waals surface area contributed by atoms with Crippen molar-refractivity contribution in [1.29, 1.82) is 0 Å². The predicted molar refractivity (Wildman–Crippen MR) is 142 cm³/mol. The number of pyridine rings is 2. The Hall–Kier alpha value is -3.89. The molecule has 1 aliphatic heterocycles. The fraction of sp³-hybridized carbons (Fsp3) is 0.269. The number of para-hydroxylation sites is 1. The molecule has 0 unspecified atom stereocenters. The second-order valence-electron chi connectivity index (χ2n) is 9.08. The molecule has 1 N–H and O–H groups in total. The Morgan fingerprint density at radius 1 is 1.06 bits per heavy atom. The van der Waals surface area contributed by atoms with Gasteiger partial charge >= 0.3 is 0 Å². The van der Waals surface area contributed by atoms with E-state index in [9.17, 15) is 9.59 Å². The molecule has 4 aromatic heterocycles. The van der Waals surface area contributed by atoms with Crippen LogP contribution in [-0.4, -0.2) is 63.4 Å². The molecular weight excluding hydrogens is 474 g/mol. The molecule has 9 nitrogen and oxygen atoms in total. The zero-order valence-electron chi connectivity index (χ0n) is 20.1. The van der Waals surface area contributed by atoms with Crippen molar-refractivity contribution in [3.05, 3.63) is 76.0 Å². The van der Waals surface area contributed by atoms with Crippen LogP contribution < -0.4 is 15.6 Å². The Morgan fingerprint density at radius 2 is 1.86 bits per heavy atom. The summed E-state index contributed by atoms with van der Waals surface area (Å²) in [4.78, 5) is 45.7. The third-order valence-corrected chi connectivity index (χ3v) is 7.74. The number of nitrogens with zero attached hydrogens (tertiary/aromatic N) is 6. The Balaban J connectivity index is 1.49. The summed E-state index contributed by atoms with van der Waals surface area (Å²) in [6.45, 7) is 5.70. The van der Waals surface area contributed by atoms with Crippen molar-refractivity contribution in [2.45, 2.75) is 13.5 Å². The minimum atomic E-state index is -0.434. The van der Waals surface area contributed by atoms with Gasteiger partial charge < -0.3 is 15.1 Å². The van der Waals surface area contributed by atoms with Crippen LogP contribution in [0.3, 0.4) is 0 Å². The Bertz CT molecular complexity index is 1670. The maximum atomic E-state index is 13.7. The molecule has 10 heteroatoms. The van der Waals surface area contributed by atoms with E-state index in [1.54, 1.807) is 18.5 Å². The van der Waals surface area contributed by atoms with E-state index in [1.165, 1.54) is 11.3 Å². The maximum absolute atomic E-state index is 13.7. The van der Waals surface area contributed by atoms with Crippen LogP contribution in [-0.2, 0) is 6.54 Å². The fourth-order valence-electron chi connectivity index (χ4n) is 4.56. The van der Waals surface area contributed by atoms with E-state index in [-0.39, 0.29) is 17.5 Å². The van der Waals surface area contributed by atoms with Crippen molar-refractivity contribution in [3.8, 4) is 0 Å². The summed E-state index contributed by atoms with van der Waals surface area (Å²) in [5.74, 6) is 0.408. The molecule has 6 rings (SSSR count). The van der Waals surface area contributed by atoms with Crippen molar-refractivity contribution >= 4 is 49.1 Å². The van der Waals surface area contributed by atoms with Crippen LogP contribution in [0.25, 0.3) is 26.1 Å². The third-order valence-electron chi connectivity index (χ3n) is 6.59. The smallest absolute Gasteiger partial charge is 0.258 e. The fourth-order valence-corrected chi connectivity index (χ4v) is 5.74. The highest BCUT2D eigenvalue weighted by Crippen LogP contribution is 2.31. The molecule has 0 radical (unpaired) electrons. The number of amides is 1. The van der Waals surface area contributed by atoms with E-state index >= 15 is 0 Å². The minimum Gasteiger partial charge on any atom is -0.354 e. The summed E-state index contributed by atoms with van der Waals surface area (Å²) in [5.41, 5.74) is 2.72. The highest BCUT2D eigenvalue weighted by molar-refractivity contribution is 7.24. The van der Waals surface area contributed by atoms with E-state index in [0.717, 1.165) is 47.9 Å². The van der Waals surface area contributed by atoms with Gasteiger partial charge in [-0.05, 0) is 38.2 Å². The molecule has 182 valence electrons. The monoisotopic (exact) mass is 499 g/mol. The van der Waals surface area contributed by atoms with E-state index in [4.69, 9.17) is 4.98 Å². The molecule has 0 spiro atoms. The third kappa shape index (κ3) is 3.88. The van der Waals surface area contributed by atoms with Gasteiger partial charge in [0.2, 0.25) is 5.43 Å². The number of fused-ring (bicyclic) bond motifs is 5. The SMILES string of the molecule is Cc1cnc(CNC(=O)c2c(=O)c3ccc(N4CCN(C)CC4)nc3n3c2sc2ccccc23)cn1. The summed E-state index contributed by atoms with van der Waals surface area (Å²) < 4.78 is 2.94. The topological polar surface area (TPSA) is 95.7 Å². The van der Waals surface area contributed by atoms with Crippen molar-refractivity contribution in [2.24, 2.45) is 0 Å². The van der Waals surface area contributed by atoms with Crippen molar-refractivity contribution < 1.29 is 4.79 Å². The number of rotatable bonds is 4. The van der Waals surface area contributed by atoms with Gasteiger partial charge in [0, 0.05) is 32.4 Å². The normalized spacial score (nSPS) is 14.7. The number of aromatic nitrogens is 4. The molecule has 1 saturated heterocycles. The Kier molecular flexibility index (Phi) is 5.62. The second kappa shape index (κ2) is 8.96. The number of aryl methyl sites for hydroxylation is 1. The lowest BCUT2D eigenvalue weighted by molar-refractivity contribution is 0.0951. The van der Waals surface area contributed by atoms with Crippen LogP contribution in [0.2, 0.25) is 0 Å². The predicted octanol–water partition coefficient (Wildman–Crippen LogP) is 2.84. The van der Waals surface area contributed by atoms with Gasteiger partial charge in [-0.3, -0.25) is 24.0 Å². The Labute approximate surface area is 211 Å². The van der Waals surface area contributed by atoms with Gasteiger partial charge in [0.05, 0.1) is 39.7 Å². The molecule has 1 amide bonds. The number of carbonyl (C=O) groups is 1. The quantitative estimate of drug-likeness (QED) is 0.406. The summed E-state index contributed by atoms with van der Waals surface area (Å²) in [6, 6.07) is 11.6. The van der Waals surface area contributed by atoms with Crippen LogP contribution in [0.5, 0.6) is 0 Å². The lowest BCUT2D eigenvalue weighted by atomic mass is 10.1. The van der Waals surface area contributed by atoms with Crippen LogP contribution >= 0.6 is 11.3 Å². The van der Waals surface area contributed by atoms with Crippen LogP contribution in [0.1, 0.15) is 21.7 Å². The van der Waals surface area contributed by atoms with Gasteiger partial charge in [-0.15, -0.1) is 11.3 Å². The second-order valence-corrected chi connectivity index (χ2v) is 10.1. The lowest BCUT2D eigenvalue weighted by Crippen LogP contribution is -2.44. The molecule has 0 saturated carbocycles. The number of anilines is 1. The molecule has 0 bridgehead atoms. The van der Waals surface area contributed by atoms with E-state index < -0.39 is 5.91 Å². The van der Waals surface area contributed by atoms with Crippen LogP contribution in [0.15, 0.2) is 53.6 Å². The molecule has 1 aromatic carbocycles. The number of benzene rings is 1. The van der Waals surface area contributed by atoms with E-state index in [1.807, 2.05) is 41.7 Å². The van der Waals surface area contributed by atoms with Gasteiger partial charge in [-0.25, -0.2) is 4.98 Å². The highest BCUT2D eigenvalue weighted by Gasteiger charge is 2.24. The van der Waals surface area contributed by atoms with E-state index in [0.29, 0.717) is 21.6 Å². The minimum absolute atomic E-state index is 0.123. The number of nitrogens with one attached hydrogen (secondary N) is 1. The Morgan fingerprint density at radius 3 is 2.64 bits per heavy atom. The standard InChI is InChI=1S/C26H25N7O2S/c1-16-13-28-17(14-27-16)15-29-25(35)22-23(34)18-7-8-21(32-11-9-31(2)10-12-32)30-24(18)33-19-5-3-4-6-20(19)36-26(22)33/h3-8,13-14H,9-12,15H2,1-2H3,(H,29,35). The first-order chi connectivity index (χ1) is 17.5. The zero-order valence-corrected chi connectivity index (χ0v) is 20.9. The molecule has 0 aliphatic carbocycles. The number of likely N-dealkylation sites (N-methyl/N-ethyl adjacent to an activating group) is 1. The first kappa shape index (κ1) is 22.6. The molecule has 1 aliphatic rings. The number of thiazole rings is 1. The number of hydrogen-bond donors (Lipinski definition) is 1. The number of carbonyl (C=O) groups excluding carboxylic acids is 1. The van der Waals surface area contributed by atoms with Gasteiger partial charge in [0.15, 0.2) is 5.65 Å². The van der Waals surface area contributed by atoms with Crippen molar-refractivity contribution in [3.63, 3.8) is 0 Å². The van der Waals surface area contributed by atoms with E-state index in [2.05, 4.69) is 32.1 Å². The van der Waals surface area contributed by atoms with Gasteiger partial charge in [-0.1, -0.05) is 12.1 Å². The molecular formula is C26H25N7O2S. The zero-order chi connectivity index (χ0) is 24.8. The van der Waals surface area contributed by atoms with Crippen LogP contribution in [0.4, 0.5) is 5.82 Å². The molecule has 5 heterocycles. The molecule has 1 fully saturated rings. The molecule has 0 atom stereocenters. The summed E-state index contributed by atoms with van der Waals surface area (Å²) >= 11 is 1.42.